The van der Waals surface area contributed by atoms with Crippen molar-refractivity contribution in [2.75, 3.05) is 13.2 Å². The number of halogens is 1. The minimum atomic E-state index is -3.59. The average molecular weight is 504 g/mol. The van der Waals surface area contributed by atoms with Gasteiger partial charge in [-0.05, 0) is 61.1 Å². The Morgan fingerprint density at radius 2 is 2.03 bits per heavy atom. The van der Waals surface area contributed by atoms with E-state index in [1.807, 2.05) is 13.0 Å². The summed E-state index contributed by atoms with van der Waals surface area (Å²) in [6.07, 6.45) is 3.23. The molecule has 2 aliphatic heterocycles. The summed E-state index contributed by atoms with van der Waals surface area (Å²) in [7, 11) is -3.59. The minimum Gasteiger partial charge on any atom is -0.493 e. The Morgan fingerprint density at radius 1 is 1.24 bits per heavy atom. The lowest BCUT2D eigenvalue weighted by Gasteiger charge is -2.47. The molecule has 1 saturated heterocycles. The van der Waals surface area contributed by atoms with Gasteiger partial charge in [0, 0.05) is 30.6 Å². The second-order valence-corrected chi connectivity index (χ2v) is 12.1. The average Bonchev–Trinajstić information content (AvgIpc) is 3.31. The maximum absolute atomic E-state index is 13.6. The van der Waals surface area contributed by atoms with E-state index in [1.54, 1.807) is 24.3 Å². The number of sulfone groups is 1. The molecule has 5 rings (SSSR count). The van der Waals surface area contributed by atoms with Crippen LogP contribution in [-0.4, -0.2) is 46.5 Å². The van der Waals surface area contributed by atoms with Gasteiger partial charge in [-0.15, -0.1) is 0 Å². The number of ether oxygens (including phenoxy) is 1. The van der Waals surface area contributed by atoms with Crippen molar-refractivity contribution in [2.24, 2.45) is 0 Å². The summed E-state index contributed by atoms with van der Waals surface area (Å²) >= 11 is 1.07. The number of rotatable bonds is 5. The molecule has 10 heteroatoms. The molecule has 3 aromatic rings. The summed E-state index contributed by atoms with van der Waals surface area (Å²) in [5.74, 6) is 0.0645. The van der Waals surface area contributed by atoms with Gasteiger partial charge in [0.15, 0.2) is 9.84 Å². The van der Waals surface area contributed by atoms with Gasteiger partial charge in [0.1, 0.15) is 28.7 Å². The Balaban J connectivity index is 1.46. The molecule has 7 nitrogen and oxygen atoms in total. The second-order valence-electron chi connectivity index (χ2n) is 9.20. The van der Waals surface area contributed by atoms with Gasteiger partial charge in [-0.1, -0.05) is 18.2 Å². The van der Waals surface area contributed by atoms with Crippen LogP contribution in [0.4, 0.5) is 4.39 Å². The maximum Gasteiger partial charge on any atom is 0.185 e. The van der Waals surface area contributed by atoms with Crippen molar-refractivity contribution >= 4 is 21.4 Å². The lowest BCUT2D eigenvalue weighted by Crippen LogP contribution is -2.46. The first-order valence-corrected chi connectivity index (χ1v) is 13.6. The van der Waals surface area contributed by atoms with E-state index >= 15 is 0 Å². The van der Waals surface area contributed by atoms with E-state index < -0.39 is 15.4 Å². The van der Waals surface area contributed by atoms with Gasteiger partial charge in [-0.2, -0.15) is 4.37 Å². The fourth-order valence-electron chi connectivity index (χ4n) is 4.92. The van der Waals surface area contributed by atoms with Crippen LogP contribution in [0.15, 0.2) is 53.7 Å². The smallest absolute Gasteiger partial charge is 0.185 e. The van der Waals surface area contributed by atoms with Crippen LogP contribution < -0.4 is 4.74 Å². The third-order valence-electron chi connectivity index (χ3n) is 6.67. The normalized spacial score (nSPS) is 25.5. The van der Waals surface area contributed by atoms with E-state index in [0.29, 0.717) is 36.8 Å². The molecule has 3 heterocycles. The molecule has 1 fully saturated rings. The van der Waals surface area contributed by atoms with Gasteiger partial charge in [-0.3, -0.25) is 4.90 Å². The first-order valence-electron chi connectivity index (χ1n) is 11.2. The molecule has 0 spiro atoms. The number of nitrogens with zero attached hydrogens (tertiary/aromatic N) is 3. The van der Waals surface area contributed by atoms with Gasteiger partial charge in [0.05, 0.1) is 17.1 Å². The molecular formula is C24H26FN3O4S2. The van der Waals surface area contributed by atoms with Crippen molar-refractivity contribution in [3.63, 3.8) is 0 Å². The molecule has 1 N–H and O–H groups in total. The third-order valence-corrected chi connectivity index (χ3v) is 9.14. The summed E-state index contributed by atoms with van der Waals surface area (Å²) in [5, 5.41) is 11.2. The first-order chi connectivity index (χ1) is 16.2. The summed E-state index contributed by atoms with van der Waals surface area (Å²) in [5.41, 5.74) is 1.06. The zero-order chi connectivity index (χ0) is 23.9. The molecule has 0 unspecified atom stereocenters. The number of benzene rings is 2. The van der Waals surface area contributed by atoms with Crippen molar-refractivity contribution in [2.45, 2.75) is 54.5 Å². The SMILES string of the molecule is C[C@]1(O)CCN([C@@H]2CCOc3cc(S(=O)(=O)Cc4ncns4)ccc32)[C@H](c2ccc(F)cc2)C1. The summed E-state index contributed by atoms with van der Waals surface area (Å²) in [4.78, 5) is 6.52. The van der Waals surface area contributed by atoms with Crippen LogP contribution in [0, 0.1) is 5.82 Å². The third kappa shape index (κ3) is 4.72. The monoisotopic (exact) mass is 503 g/mol. The van der Waals surface area contributed by atoms with E-state index in [0.717, 1.165) is 29.1 Å². The van der Waals surface area contributed by atoms with Gasteiger partial charge >= 0.3 is 0 Å². The van der Waals surface area contributed by atoms with Crippen molar-refractivity contribution in [1.82, 2.24) is 14.3 Å². The standard InChI is InChI=1S/C24H26FN3O4S2/c1-24(29)9-10-28(21(13-24)16-2-4-17(25)5-3-16)20-8-11-32-22-12-18(6-7-19(20)22)34(30,31)14-23-26-15-27-33-23/h2-7,12,15,20-21,29H,8-11,13-14H2,1H3/t20-,21+,24+/m1/s1. The zero-order valence-electron chi connectivity index (χ0n) is 18.7. The predicted octanol–water partition coefficient (Wildman–Crippen LogP) is 4.06. The fraction of sp³-hybridized carbons (Fsp3) is 0.417. The Hall–Kier alpha value is -2.40. The van der Waals surface area contributed by atoms with Gasteiger partial charge in [0.25, 0.3) is 0 Å². The zero-order valence-corrected chi connectivity index (χ0v) is 20.4. The molecule has 3 atom stereocenters. The Bertz CT molecular complexity index is 1260. The molecule has 0 radical (unpaired) electrons. The van der Waals surface area contributed by atoms with Crippen LogP contribution in [0.3, 0.4) is 0 Å². The highest BCUT2D eigenvalue weighted by atomic mass is 32.2. The number of likely N-dealkylation sites (tertiary alicyclic amines) is 1. The summed E-state index contributed by atoms with van der Waals surface area (Å²) in [6, 6.07) is 11.4. The van der Waals surface area contributed by atoms with Crippen LogP contribution in [0.5, 0.6) is 5.75 Å². The molecule has 2 aliphatic rings. The maximum atomic E-state index is 13.6. The van der Waals surface area contributed by atoms with Crippen molar-refractivity contribution in [3.8, 4) is 5.75 Å². The van der Waals surface area contributed by atoms with E-state index in [2.05, 4.69) is 14.3 Å². The number of fused-ring (bicyclic) bond motifs is 1. The second kappa shape index (κ2) is 8.99. The highest BCUT2D eigenvalue weighted by molar-refractivity contribution is 7.90. The molecule has 0 saturated carbocycles. The van der Waals surface area contributed by atoms with Crippen LogP contribution in [-0.2, 0) is 15.6 Å². The number of hydrogen-bond donors (Lipinski definition) is 1. The number of aromatic nitrogens is 2. The number of piperidine rings is 1. The largest absolute Gasteiger partial charge is 0.493 e. The molecule has 34 heavy (non-hydrogen) atoms. The lowest BCUT2D eigenvalue weighted by molar-refractivity contribution is -0.0540. The number of aliphatic hydroxyl groups is 1. The highest BCUT2D eigenvalue weighted by Crippen LogP contribution is 2.46. The van der Waals surface area contributed by atoms with Crippen molar-refractivity contribution < 1.29 is 22.7 Å². The van der Waals surface area contributed by atoms with E-state index in [1.165, 1.54) is 18.5 Å². The molecule has 0 bridgehead atoms. The Kier molecular flexibility index (Phi) is 6.18. The Labute approximate surface area is 202 Å². The molecular weight excluding hydrogens is 477 g/mol. The topological polar surface area (TPSA) is 92.6 Å². The van der Waals surface area contributed by atoms with E-state index in [4.69, 9.17) is 4.74 Å². The van der Waals surface area contributed by atoms with Crippen LogP contribution >= 0.6 is 11.5 Å². The minimum absolute atomic E-state index is 0.00480. The van der Waals surface area contributed by atoms with Crippen molar-refractivity contribution in [1.29, 1.82) is 0 Å². The molecule has 1 aromatic heterocycles. The van der Waals surface area contributed by atoms with Gasteiger partial charge in [0.2, 0.25) is 0 Å². The highest BCUT2D eigenvalue weighted by Gasteiger charge is 2.40. The van der Waals surface area contributed by atoms with Crippen LogP contribution in [0.25, 0.3) is 0 Å². The van der Waals surface area contributed by atoms with Crippen LogP contribution in [0.1, 0.15) is 54.4 Å². The first kappa shape index (κ1) is 23.3. The van der Waals surface area contributed by atoms with Gasteiger partial charge in [-0.25, -0.2) is 17.8 Å². The van der Waals surface area contributed by atoms with Crippen LogP contribution in [0.2, 0.25) is 0 Å². The molecule has 0 aliphatic carbocycles. The van der Waals surface area contributed by atoms with E-state index in [-0.39, 0.29) is 28.5 Å². The lowest BCUT2D eigenvalue weighted by atomic mass is 9.82. The van der Waals surface area contributed by atoms with E-state index in [9.17, 15) is 17.9 Å². The summed E-state index contributed by atoms with van der Waals surface area (Å²) in [6.45, 7) is 2.96. The molecule has 180 valence electrons. The van der Waals surface area contributed by atoms with Gasteiger partial charge < -0.3 is 9.84 Å². The number of hydrogen-bond acceptors (Lipinski definition) is 8. The molecule has 0 amide bonds. The summed E-state index contributed by atoms with van der Waals surface area (Å²) < 4.78 is 49.2. The fourth-order valence-corrected chi connectivity index (χ4v) is 7.04. The molecule has 2 aromatic carbocycles. The quantitative estimate of drug-likeness (QED) is 0.561. The van der Waals surface area contributed by atoms with Crippen molar-refractivity contribution in [3.05, 3.63) is 70.7 Å². The Morgan fingerprint density at radius 3 is 2.76 bits per heavy atom. The predicted molar refractivity (Wildman–Crippen MR) is 126 cm³/mol.